The van der Waals surface area contributed by atoms with Gasteiger partial charge in [0.15, 0.2) is 0 Å². The lowest BCUT2D eigenvalue weighted by atomic mass is 10.0. The Morgan fingerprint density at radius 2 is 1.90 bits per heavy atom. The normalized spacial score (nSPS) is 11.7. The largest absolute Gasteiger partial charge is 0.480 e. The summed E-state index contributed by atoms with van der Waals surface area (Å²) in [4.78, 5) is 33.5. The highest BCUT2D eigenvalue weighted by Gasteiger charge is 2.20. The third-order valence-corrected chi connectivity index (χ3v) is 3.20. The van der Waals surface area contributed by atoms with Gasteiger partial charge in [-0.1, -0.05) is 24.3 Å². The Bertz CT molecular complexity index is 528. The molecule has 6 heteroatoms. The van der Waals surface area contributed by atoms with Crippen LogP contribution >= 0.6 is 0 Å². The van der Waals surface area contributed by atoms with Gasteiger partial charge in [0.1, 0.15) is 6.04 Å². The standard InChI is InChI=1S/C15H20N2O4/c1-10-4-2-3-5-11(10)6-9-14(19)17-12(15(20)21)7-8-13(16)18/h2-5,12H,6-9H2,1H3,(H2,16,18)(H,17,19)(H,20,21)/t12-/m0/s1. The van der Waals surface area contributed by atoms with Gasteiger partial charge >= 0.3 is 5.97 Å². The topological polar surface area (TPSA) is 109 Å². The van der Waals surface area contributed by atoms with Gasteiger partial charge in [0.2, 0.25) is 11.8 Å². The number of aliphatic carboxylic acids is 1. The Kier molecular flexibility index (Phi) is 6.39. The minimum absolute atomic E-state index is 0.000765. The Hall–Kier alpha value is -2.37. The molecule has 2 amide bonds. The maximum atomic E-state index is 11.8. The number of benzene rings is 1. The molecule has 0 heterocycles. The number of carbonyl (C=O) groups is 3. The fourth-order valence-electron chi connectivity index (χ4n) is 1.95. The summed E-state index contributed by atoms with van der Waals surface area (Å²) in [5.74, 6) is -2.11. The molecular weight excluding hydrogens is 272 g/mol. The van der Waals surface area contributed by atoms with Crippen LogP contribution < -0.4 is 11.1 Å². The van der Waals surface area contributed by atoms with Crippen LogP contribution in [0.2, 0.25) is 0 Å². The van der Waals surface area contributed by atoms with Crippen molar-refractivity contribution in [3.05, 3.63) is 35.4 Å². The number of amides is 2. The third-order valence-electron chi connectivity index (χ3n) is 3.20. The molecule has 1 rings (SSSR count). The lowest BCUT2D eigenvalue weighted by Crippen LogP contribution is -2.41. The summed E-state index contributed by atoms with van der Waals surface area (Å²) in [6.07, 6.45) is 0.668. The molecule has 0 unspecified atom stereocenters. The van der Waals surface area contributed by atoms with E-state index in [1.807, 2.05) is 31.2 Å². The highest BCUT2D eigenvalue weighted by atomic mass is 16.4. The molecule has 1 aromatic rings. The van der Waals surface area contributed by atoms with Crippen molar-refractivity contribution in [2.24, 2.45) is 5.73 Å². The minimum Gasteiger partial charge on any atom is -0.480 e. The molecule has 21 heavy (non-hydrogen) atoms. The summed E-state index contributed by atoms with van der Waals surface area (Å²) in [5, 5.41) is 11.4. The van der Waals surface area contributed by atoms with E-state index < -0.39 is 17.9 Å². The number of aryl methyl sites for hydroxylation is 2. The predicted octanol–water partition coefficient (Wildman–Crippen LogP) is 0.763. The molecule has 1 aromatic carbocycles. The van der Waals surface area contributed by atoms with E-state index in [-0.39, 0.29) is 25.2 Å². The molecule has 114 valence electrons. The number of hydrogen-bond donors (Lipinski definition) is 3. The van der Waals surface area contributed by atoms with Crippen molar-refractivity contribution < 1.29 is 19.5 Å². The van der Waals surface area contributed by atoms with Crippen molar-refractivity contribution in [1.82, 2.24) is 5.32 Å². The van der Waals surface area contributed by atoms with Crippen LogP contribution in [0.5, 0.6) is 0 Å². The van der Waals surface area contributed by atoms with Gasteiger partial charge in [0, 0.05) is 12.8 Å². The smallest absolute Gasteiger partial charge is 0.326 e. The summed E-state index contributed by atoms with van der Waals surface area (Å²) in [5.41, 5.74) is 7.12. The number of rotatable bonds is 8. The maximum Gasteiger partial charge on any atom is 0.326 e. The molecule has 0 saturated heterocycles. The van der Waals surface area contributed by atoms with Crippen LogP contribution in [0.15, 0.2) is 24.3 Å². The van der Waals surface area contributed by atoms with E-state index in [9.17, 15) is 14.4 Å². The van der Waals surface area contributed by atoms with E-state index in [0.29, 0.717) is 6.42 Å². The molecule has 1 atom stereocenters. The molecule has 0 spiro atoms. The number of nitrogens with one attached hydrogen (secondary N) is 1. The number of carboxylic acid groups (broad SMARTS) is 1. The Balaban J connectivity index is 2.49. The van der Waals surface area contributed by atoms with Crippen LogP contribution in [0.25, 0.3) is 0 Å². The Labute approximate surface area is 123 Å². The van der Waals surface area contributed by atoms with Gasteiger partial charge in [0.25, 0.3) is 0 Å². The van der Waals surface area contributed by atoms with Crippen LogP contribution in [0.1, 0.15) is 30.4 Å². The zero-order valence-electron chi connectivity index (χ0n) is 12.0. The fourth-order valence-corrected chi connectivity index (χ4v) is 1.95. The van der Waals surface area contributed by atoms with Crippen LogP contribution in [0.3, 0.4) is 0 Å². The number of nitrogens with two attached hydrogens (primary N) is 1. The fraction of sp³-hybridized carbons (Fsp3) is 0.400. The zero-order chi connectivity index (χ0) is 15.8. The summed E-state index contributed by atoms with van der Waals surface area (Å²) in [6, 6.07) is 6.63. The van der Waals surface area contributed by atoms with Crippen molar-refractivity contribution in [3.63, 3.8) is 0 Å². The summed E-state index contributed by atoms with van der Waals surface area (Å²) >= 11 is 0. The van der Waals surface area contributed by atoms with E-state index in [1.54, 1.807) is 0 Å². The van der Waals surface area contributed by atoms with Crippen molar-refractivity contribution in [3.8, 4) is 0 Å². The molecule has 0 aliphatic rings. The number of hydrogen-bond acceptors (Lipinski definition) is 3. The first kappa shape index (κ1) is 16.7. The van der Waals surface area contributed by atoms with Gasteiger partial charge in [0.05, 0.1) is 0 Å². The average molecular weight is 292 g/mol. The van der Waals surface area contributed by atoms with Gasteiger partial charge in [-0.2, -0.15) is 0 Å². The van der Waals surface area contributed by atoms with E-state index in [4.69, 9.17) is 10.8 Å². The molecule has 0 aliphatic heterocycles. The van der Waals surface area contributed by atoms with E-state index >= 15 is 0 Å². The number of carboxylic acids is 1. The molecule has 4 N–H and O–H groups in total. The van der Waals surface area contributed by atoms with Gasteiger partial charge in [-0.3, -0.25) is 9.59 Å². The predicted molar refractivity (Wildman–Crippen MR) is 77.5 cm³/mol. The second kappa shape index (κ2) is 8.04. The van der Waals surface area contributed by atoms with Gasteiger partial charge in [-0.25, -0.2) is 4.79 Å². The molecule has 0 aliphatic carbocycles. The lowest BCUT2D eigenvalue weighted by Gasteiger charge is -2.14. The summed E-state index contributed by atoms with van der Waals surface area (Å²) < 4.78 is 0. The lowest BCUT2D eigenvalue weighted by molar-refractivity contribution is -0.142. The SMILES string of the molecule is Cc1ccccc1CCC(=O)N[C@@H](CCC(N)=O)C(=O)O. The third kappa shape index (κ3) is 6.07. The first-order valence-corrected chi connectivity index (χ1v) is 6.75. The van der Waals surface area contributed by atoms with E-state index in [0.717, 1.165) is 11.1 Å². The van der Waals surface area contributed by atoms with Crippen molar-refractivity contribution >= 4 is 17.8 Å². The van der Waals surface area contributed by atoms with Crippen LogP contribution in [-0.2, 0) is 20.8 Å². The monoisotopic (exact) mass is 292 g/mol. The Morgan fingerprint density at radius 3 is 2.48 bits per heavy atom. The average Bonchev–Trinajstić information content (AvgIpc) is 2.42. The highest BCUT2D eigenvalue weighted by Crippen LogP contribution is 2.09. The van der Waals surface area contributed by atoms with Gasteiger partial charge < -0.3 is 16.2 Å². The van der Waals surface area contributed by atoms with E-state index in [2.05, 4.69) is 5.32 Å². The summed E-state index contributed by atoms with van der Waals surface area (Å²) in [6.45, 7) is 1.96. The van der Waals surface area contributed by atoms with Crippen molar-refractivity contribution in [2.45, 2.75) is 38.6 Å². The first-order valence-electron chi connectivity index (χ1n) is 6.75. The van der Waals surface area contributed by atoms with E-state index in [1.165, 1.54) is 0 Å². The maximum absolute atomic E-state index is 11.8. The summed E-state index contributed by atoms with van der Waals surface area (Å²) in [7, 11) is 0. The molecule has 0 saturated carbocycles. The molecule has 0 aromatic heterocycles. The van der Waals surface area contributed by atoms with Crippen LogP contribution in [-0.4, -0.2) is 28.9 Å². The Morgan fingerprint density at radius 1 is 1.24 bits per heavy atom. The number of carbonyl (C=O) groups excluding carboxylic acids is 2. The van der Waals surface area contributed by atoms with Crippen LogP contribution in [0, 0.1) is 6.92 Å². The van der Waals surface area contributed by atoms with Crippen molar-refractivity contribution in [2.75, 3.05) is 0 Å². The number of primary amides is 1. The second-order valence-corrected chi connectivity index (χ2v) is 4.89. The van der Waals surface area contributed by atoms with Crippen molar-refractivity contribution in [1.29, 1.82) is 0 Å². The quantitative estimate of drug-likeness (QED) is 0.657. The molecule has 0 fully saturated rings. The van der Waals surface area contributed by atoms with Gasteiger partial charge in [-0.05, 0) is 30.9 Å². The molecule has 0 bridgehead atoms. The zero-order valence-corrected chi connectivity index (χ0v) is 12.0. The molecule has 6 nitrogen and oxygen atoms in total. The molecular formula is C15H20N2O4. The minimum atomic E-state index is -1.17. The van der Waals surface area contributed by atoms with Gasteiger partial charge in [-0.15, -0.1) is 0 Å². The highest BCUT2D eigenvalue weighted by molar-refractivity contribution is 5.84. The first-order chi connectivity index (χ1) is 9.90. The van der Waals surface area contributed by atoms with Crippen LogP contribution in [0.4, 0.5) is 0 Å². The second-order valence-electron chi connectivity index (χ2n) is 4.89. The molecule has 0 radical (unpaired) electrons.